The number of aromatic amines is 1. The van der Waals surface area contributed by atoms with Gasteiger partial charge in [0.2, 0.25) is 5.91 Å². The summed E-state index contributed by atoms with van der Waals surface area (Å²) in [4.78, 5) is 22.8. The second-order valence-electron chi connectivity index (χ2n) is 10.1. The predicted octanol–water partition coefficient (Wildman–Crippen LogP) is 5.89. The van der Waals surface area contributed by atoms with Crippen LogP contribution in [0.3, 0.4) is 0 Å². The molecule has 0 bridgehead atoms. The summed E-state index contributed by atoms with van der Waals surface area (Å²) < 4.78 is 0. The number of benzene rings is 3. The maximum Gasteiger partial charge on any atom is 0.230 e. The molecule has 36 heavy (non-hydrogen) atoms. The Morgan fingerprint density at radius 2 is 1.92 bits per heavy atom. The Kier molecular flexibility index (Phi) is 6.69. The fraction of sp³-hybridized carbons (Fsp3) is 0.267. The quantitative estimate of drug-likeness (QED) is 0.347. The number of aliphatic hydroxyl groups excluding tert-OH is 1. The lowest BCUT2D eigenvalue weighted by Crippen LogP contribution is -2.45. The van der Waals surface area contributed by atoms with Crippen molar-refractivity contribution in [1.29, 1.82) is 0 Å². The Morgan fingerprint density at radius 1 is 1.11 bits per heavy atom. The Bertz CT molecular complexity index is 1390. The number of fused-ring (bicyclic) bond motifs is 1. The van der Waals surface area contributed by atoms with E-state index in [0.717, 1.165) is 41.1 Å². The van der Waals surface area contributed by atoms with Gasteiger partial charge in [0.25, 0.3) is 0 Å². The summed E-state index contributed by atoms with van der Waals surface area (Å²) in [7, 11) is 0. The number of aromatic nitrogens is 2. The Hall–Kier alpha value is -3.41. The number of carbonyl (C=O) groups excluding carboxylic acids is 1. The summed E-state index contributed by atoms with van der Waals surface area (Å²) in [6, 6.07) is 22.5. The second-order valence-corrected chi connectivity index (χ2v) is 10.5. The molecule has 0 fully saturated rings. The van der Waals surface area contributed by atoms with Gasteiger partial charge in [0.1, 0.15) is 5.82 Å². The highest BCUT2D eigenvalue weighted by Crippen LogP contribution is 2.32. The number of halogens is 1. The van der Waals surface area contributed by atoms with E-state index in [1.807, 2.05) is 47.5 Å². The minimum atomic E-state index is -0.763. The molecule has 0 saturated carbocycles. The van der Waals surface area contributed by atoms with E-state index in [-0.39, 0.29) is 12.5 Å². The SMILES string of the molecule is CC(C)(CO)C(=O)N1CCc2c(Cc3ccc(Cl)c(-c4ncc(-c5ccccc5)[nH]4)c3)cccc2C1. The third kappa shape index (κ3) is 4.81. The topological polar surface area (TPSA) is 69.2 Å². The van der Waals surface area contributed by atoms with Crippen molar-refractivity contribution in [2.45, 2.75) is 33.2 Å². The molecular weight excluding hydrogens is 470 g/mol. The Labute approximate surface area is 216 Å². The second kappa shape index (κ2) is 9.92. The molecule has 0 radical (unpaired) electrons. The third-order valence-corrected chi connectivity index (χ3v) is 7.30. The molecule has 1 aliphatic rings. The maximum absolute atomic E-state index is 12.9. The summed E-state index contributed by atoms with van der Waals surface area (Å²) in [5, 5.41) is 10.3. The number of aliphatic hydroxyl groups is 1. The van der Waals surface area contributed by atoms with Crippen LogP contribution in [0.15, 0.2) is 72.9 Å². The molecule has 0 atom stereocenters. The summed E-state index contributed by atoms with van der Waals surface area (Å²) in [6.07, 6.45) is 3.42. The van der Waals surface area contributed by atoms with Crippen LogP contribution >= 0.6 is 11.6 Å². The number of hydrogen-bond acceptors (Lipinski definition) is 3. The summed E-state index contributed by atoms with van der Waals surface area (Å²) in [6.45, 7) is 4.66. The molecule has 0 saturated heterocycles. The van der Waals surface area contributed by atoms with Crippen molar-refractivity contribution >= 4 is 17.5 Å². The highest BCUT2D eigenvalue weighted by molar-refractivity contribution is 6.33. The number of imidazole rings is 1. The van der Waals surface area contributed by atoms with E-state index in [0.29, 0.717) is 18.1 Å². The average Bonchev–Trinajstić information content (AvgIpc) is 3.40. The van der Waals surface area contributed by atoms with Crippen LogP contribution in [0, 0.1) is 5.41 Å². The molecule has 0 aliphatic carbocycles. The van der Waals surface area contributed by atoms with E-state index >= 15 is 0 Å². The van der Waals surface area contributed by atoms with Gasteiger partial charge in [-0.3, -0.25) is 4.79 Å². The van der Waals surface area contributed by atoms with Crippen molar-refractivity contribution in [3.8, 4) is 22.6 Å². The number of H-pyrrole nitrogens is 1. The minimum Gasteiger partial charge on any atom is -0.395 e. The van der Waals surface area contributed by atoms with Crippen molar-refractivity contribution in [2.24, 2.45) is 5.41 Å². The van der Waals surface area contributed by atoms with Crippen LogP contribution in [0.1, 0.15) is 36.1 Å². The molecule has 5 rings (SSSR count). The average molecular weight is 500 g/mol. The lowest BCUT2D eigenvalue weighted by Gasteiger charge is -2.35. The van der Waals surface area contributed by atoms with Crippen LogP contribution in [0.2, 0.25) is 5.02 Å². The standard InChI is InChI=1S/C30H30ClN3O2/c1-30(2,19-35)29(36)34-14-13-24-22(9-6-10-23(24)18-34)15-20-11-12-26(31)25(16-20)28-32-17-27(33-28)21-7-4-3-5-8-21/h3-12,16-17,35H,13-15,18-19H2,1-2H3,(H,32,33). The fourth-order valence-electron chi connectivity index (χ4n) is 4.83. The lowest BCUT2D eigenvalue weighted by molar-refractivity contribution is -0.143. The number of rotatable bonds is 6. The highest BCUT2D eigenvalue weighted by atomic mass is 35.5. The van der Waals surface area contributed by atoms with Crippen molar-refractivity contribution in [2.75, 3.05) is 13.2 Å². The van der Waals surface area contributed by atoms with Crippen molar-refractivity contribution in [3.05, 3.63) is 100 Å². The predicted molar refractivity (Wildman–Crippen MR) is 144 cm³/mol. The highest BCUT2D eigenvalue weighted by Gasteiger charge is 2.33. The van der Waals surface area contributed by atoms with E-state index in [1.165, 1.54) is 16.7 Å². The molecule has 3 aromatic carbocycles. The van der Waals surface area contributed by atoms with Crippen molar-refractivity contribution in [1.82, 2.24) is 14.9 Å². The first-order chi connectivity index (χ1) is 17.4. The number of hydrogen-bond donors (Lipinski definition) is 2. The van der Waals surface area contributed by atoms with Crippen molar-refractivity contribution in [3.63, 3.8) is 0 Å². The lowest BCUT2D eigenvalue weighted by atomic mass is 9.88. The molecule has 1 aliphatic heterocycles. The summed E-state index contributed by atoms with van der Waals surface area (Å²) in [5.74, 6) is 0.744. The normalized spacial score (nSPS) is 13.5. The fourth-order valence-corrected chi connectivity index (χ4v) is 5.04. The Balaban J connectivity index is 1.39. The molecule has 1 amide bonds. The molecule has 2 N–H and O–H groups in total. The van der Waals surface area contributed by atoms with Crippen molar-refractivity contribution < 1.29 is 9.90 Å². The zero-order valence-electron chi connectivity index (χ0n) is 20.6. The number of carbonyl (C=O) groups is 1. The number of nitrogens with zero attached hydrogens (tertiary/aromatic N) is 2. The molecule has 5 nitrogen and oxygen atoms in total. The van der Waals surface area contributed by atoms with Gasteiger partial charge in [0.05, 0.1) is 28.9 Å². The first kappa shape index (κ1) is 24.3. The van der Waals surface area contributed by atoms with Gasteiger partial charge in [-0.2, -0.15) is 0 Å². The van der Waals surface area contributed by atoms with E-state index in [4.69, 9.17) is 11.6 Å². The molecule has 0 unspecified atom stereocenters. The van der Waals surface area contributed by atoms with Gasteiger partial charge >= 0.3 is 0 Å². The van der Waals surface area contributed by atoms with E-state index in [1.54, 1.807) is 13.8 Å². The van der Waals surface area contributed by atoms with Gasteiger partial charge < -0.3 is 15.0 Å². The molecule has 184 valence electrons. The van der Waals surface area contributed by atoms with Crippen LogP contribution in [-0.4, -0.2) is 39.0 Å². The summed E-state index contributed by atoms with van der Waals surface area (Å²) >= 11 is 6.58. The largest absolute Gasteiger partial charge is 0.395 e. The zero-order chi connectivity index (χ0) is 25.3. The Morgan fingerprint density at radius 3 is 2.69 bits per heavy atom. The van der Waals surface area contributed by atoms with Crippen LogP contribution in [-0.2, 0) is 24.2 Å². The van der Waals surface area contributed by atoms with E-state index in [9.17, 15) is 9.90 Å². The van der Waals surface area contributed by atoms with Gasteiger partial charge in [0.15, 0.2) is 0 Å². The molecule has 1 aromatic heterocycles. The van der Waals surface area contributed by atoms with Crippen LogP contribution in [0.25, 0.3) is 22.6 Å². The smallest absolute Gasteiger partial charge is 0.230 e. The molecule has 6 heteroatoms. The zero-order valence-corrected chi connectivity index (χ0v) is 21.3. The monoisotopic (exact) mass is 499 g/mol. The minimum absolute atomic E-state index is 0.00304. The van der Waals surface area contributed by atoms with E-state index in [2.05, 4.69) is 40.3 Å². The number of amides is 1. The van der Waals surface area contributed by atoms with Gasteiger partial charge in [-0.25, -0.2) is 4.98 Å². The molecular formula is C30H30ClN3O2. The first-order valence-corrected chi connectivity index (χ1v) is 12.6. The van der Waals surface area contributed by atoms with Crippen LogP contribution in [0.5, 0.6) is 0 Å². The first-order valence-electron chi connectivity index (χ1n) is 12.2. The van der Waals surface area contributed by atoms with Gasteiger partial charge in [0, 0.05) is 18.7 Å². The molecule has 0 spiro atoms. The van der Waals surface area contributed by atoms with Gasteiger partial charge in [-0.1, -0.05) is 66.2 Å². The number of nitrogens with one attached hydrogen (secondary N) is 1. The van der Waals surface area contributed by atoms with Crippen LogP contribution < -0.4 is 0 Å². The van der Waals surface area contributed by atoms with Gasteiger partial charge in [-0.05, 0) is 66.6 Å². The summed E-state index contributed by atoms with van der Waals surface area (Å²) in [5.41, 5.74) is 7.05. The van der Waals surface area contributed by atoms with Gasteiger partial charge in [-0.15, -0.1) is 0 Å². The molecule has 4 aromatic rings. The van der Waals surface area contributed by atoms with Crippen LogP contribution in [0.4, 0.5) is 0 Å². The van der Waals surface area contributed by atoms with E-state index < -0.39 is 5.41 Å². The maximum atomic E-state index is 12.9. The molecule has 2 heterocycles. The third-order valence-electron chi connectivity index (χ3n) is 6.97.